The van der Waals surface area contributed by atoms with Crippen molar-refractivity contribution in [1.29, 1.82) is 0 Å². The number of rotatable bonds is 4. The number of fused-ring (bicyclic) bond motifs is 2. The van der Waals surface area contributed by atoms with Crippen LogP contribution in [0.2, 0.25) is 16.3 Å². The van der Waals surface area contributed by atoms with Gasteiger partial charge in [-0.1, -0.05) is 158 Å². The molecule has 0 amide bonds. The van der Waals surface area contributed by atoms with Crippen molar-refractivity contribution in [2.45, 2.75) is 203 Å². The Kier molecular flexibility index (Phi) is 9.84. The van der Waals surface area contributed by atoms with Crippen LogP contribution in [-0.2, 0) is 0 Å². The van der Waals surface area contributed by atoms with Crippen molar-refractivity contribution >= 4 is 23.0 Å². The minimum atomic E-state index is 0.608. The van der Waals surface area contributed by atoms with E-state index in [4.69, 9.17) is 0 Å². The molecule has 5 rings (SSSR count). The SMILES string of the molecule is BC1(BC2CCCCCCCC2)CCCCC(C)(C23CCCC(C4(B)CCCCCCC4)(CC2)C3)CCC1. The van der Waals surface area contributed by atoms with Crippen molar-refractivity contribution in [3.8, 4) is 0 Å². The average molecular weight is 518 g/mol. The second kappa shape index (κ2) is 12.6. The summed E-state index contributed by atoms with van der Waals surface area (Å²) in [5.41, 5.74) is 1.97. The van der Waals surface area contributed by atoms with E-state index in [2.05, 4.69) is 22.6 Å². The van der Waals surface area contributed by atoms with Gasteiger partial charge < -0.3 is 0 Å². The smallest absolute Gasteiger partial charge is 0.0808 e. The fraction of sp³-hybridized carbons (Fsp3) is 1.00. The molecule has 0 aliphatic heterocycles. The zero-order valence-corrected chi connectivity index (χ0v) is 26.6. The lowest BCUT2D eigenvalue weighted by Crippen LogP contribution is -2.45. The van der Waals surface area contributed by atoms with Crippen LogP contribution in [0.1, 0.15) is 187 Å². The Morgan fingerprint density at radius 2 is 0.947 bits per heavy atom. The molecule has 0 heterocycles. The summed E-state index contributed by atoms with van der Waals surface area (Å²) >= 11 is 0. The highest BCUT2D eigenvalue weighted by molar-refractivity contribution is 6.55. The van der Waals surface area contributed by atoms with Crippen LogP contribution in [0.5, 0.6) is 0 Å². The van der Waals surface area contributed by atoms with Crippen molar-refractivity contribution in [2.75, 3.05) is 0 Å². The van der Waals surface area contributed by atoms with Gasteiger partial charge in [-0.25, -0.2) is 0 Å². The highest BCUT2D eigenvalue weighted by Crippen LogP contribution is 2.74. The first kappa shape index (κ1) is 29.7. The molecule has 0 nitrogen and oxygen atoms in total. The maximum absolute atomic E-state index is 2.83. The van der Waals surface area contributed by atoms with Crippen LogP contribution in [0.4, 0.5) is 0 Å². The van der Waals surface area contributed by atoms with Crippen LogP contribution in [0, 0.1) is 16.2 Å². The molecule has 0 aromatic heterocycles. The molecule has 2 bridgehead atoms. The molecule has 0 aromatic rings. The average Bonchev–Trinajstić information content (AvgIpc) is 3.26. The lowest BCUT2D eigenvalue weighted by molar-refractivity contribution is -0.0252. The van der Waals surface area contributed by atoms with E-state index < -0.39 is 0 Å². The van der Waals surface area contributed by atoms with E-state index in [1.54, 1.807) is 71.5 Å². The summed E-state index contributed by atoms with van der Waals surface area (Å²) < 4.78 is 0. The van der Waals surface area contributed by atoms with Crippen molar-refractivity contribution in [3.05, 3.63) is 0 Å². The molecule has 0 spiro atoms. The third kappa shape index (κ3) is 6.32. The predicted molar refractivity (Wildman–Crippen MR) is 176 cm³/mol. The Bertz CT molecular complexity index is 733. The summed E-state index contributed by atoms with van der Waals surface area (Å²) in [6.45, 7) is 2.83. The van der Waals surface area contributed by atoms with Gasteiger partial charge in [0, 0.05) is 0 Å². The van der Waals surface area contributed by atoms with Crippen molar-refractivity contribution in [2.24, 2.45) is 16.2 Å². The normalized spacial score (nSPS) is 42.2. The second-order valence-electron chi connectivity index (χ2n) is 17.1. The molecule has 0 saturated heterocycles. The summed E-state index contributed by atoms with van der Waals surface area (Å²) in [5.74, 6) is 1.03. The standard InChI is InChI=1S/C35H65B3/c1-31(32-21-16-22-33(29-32,28-27-32)34(36)23-11-7-4-8-12-24-34)19-13-14-25-35(37,26-15-20-31)38-30-17-9-5-2-3-6-10-18-30/h30,38H,2-29,36-37H2,1H3. The van der Waals surface area contributed by atoms with Gasteiger partial charge in [0.2, 0.25) is 0 Å². The van der Waals surface area contributed by atoms with Gasteiger partial charge in [-0.15, -0.1) is 0 Å². The van der Waals surface area contributed by atoms with E-state index >= 15 is 0 Å². The molecule has 0 radical (unpaired) electrons. The Morgan fingerprint density at radius 3 is 1.66 bits per heavy atom. The molecule has 4 atom stereocenters. The quantitative estimate of drug-likeness (QED) is 0.325. The minimum Gasteiger partial charge on any atom is -0.0808 e. The highest BCUT2D eigenvalue weighted by atomic mass is 14.7. The van der Waals surface area contributed by atoms with Gasteiger partial charge in [0.05, 0.1) is 7.85 Å². The monoisotopic (exact) mass is 519 g/mol. The lowest BCUT2D eigenvalue weighted by atomic mass is 9.34. The van der Waals surface area contributed by atoms with Gasteiger partial charge in [0.25, 0.3) is 0 Å². The summed E-state index contributed by atoms with van der Waals surface area (Å²) in [6, 6.07) is 0. The maximum Gasteiger partial charge on any atom is 0.122 e. The van der Waals surface area contributed by atoms with E-state index in [9.17, 15) is 0 Å². The molecule has 3 heteroatoms. The van der Waals surface area contributed by atoms with Crippen molar-refractivity contribution in [3.63, 3.8) is 0 Å². The van der Waals surface area contributed by atoms with E-state index in [0.717, 1.165) is 5.82 Å². The molecule has 4 unspecified atom stereocenters. The lowest BCUT2D eigenvalue weighted by Gasteiger charge is -2.56. The van der Waals surface area contributed by atoms with E-state index in [0.29, 0.717) is 26.8 Å². The van der Waals surface area contributed by atoms with E-state index in [-0.39, 0.29) is 0 Å². The summed E-state index contributed by atoms with van der Waals surface area (Å²) in [7, 11) is 7.07. The van der Waals surface area contributed by atoms with Crippen LogP contribution in [0.3, 0.4) is 0 Å². The van der Waals surface area contributed by atoms with Crippen molar-refractivity contribution in [1.82, 2.24) is 0 Å². The Morgan fingerprint density at radius 1 is 0.474 bits per heavy atom. The minimum absolute atomic E-state index is 0.608. The highest BCUT2D eigenvalue weighted by Gasteiger charge is 2.62. The Labute approximate surface area is 241 Å². The zero-order chi connectivity index (χ0) is 26.6. The van der Waals surface area contributed by atoms with Crippen LogP contribution >= 0.6 is 0 Å². The second-order valence-corrected chi connectivity index (χ2v) is 17.1. The Balaban J connectivity index is 1.26. The van der Waals surface area contributed by atoms with Gasteiger partial charge in [-0.3, -0.25) is 0 Å². The molecule has 0 N–H and O–H groups in total. The summed E-state index contributed by atoms with van der Waals surface area (Å²) in [5, 5.41) is 1.26. The van der Waals surface area contributed by atoms with E-state index in [1.807, 2.05) is 0 Å². The molecular formula is C35H65B3. The predicted octanol–water partition coefficient (Wildman–Crippen LogP) is 9.72. The van der Waals surface area contributed by atoms with Gasteiger partial charge in [-0.05, 0) is 61.2 Å². The summed E-state index contributed by atoms with van der Waals surface area (Å²) in [6.07, 6.45) is 42.9. The first-order chi connectivity index (χ1) is 18.3. The Hall–Kier alpha value is 0.195. The molecule has 214 valence electrons. The molecule has 5 aliphatic rings. The molecule has 5 saturated carbocycles. The first-order valence-electron chi connectivity index (χ1n) is 18.3. The third-order valence-corrected chi connectivity index (χ3v) is 14.6. The molecule has 0 aromatic carbocycles. The molecular weight excluding hydrogens is 453 g/mol. The fourth-order valence-electron chi connectivity index (χ4n) is 11.9. The van der Waals surface area contributed by atoms with E-state index in [1.165, 1.54) is 116 Å². The summed E-state index contributed by atoms with van der Waals surface area (Å²) in [4.78, 5) is 0. The first-order valence-corrected chi connectivity index (χ1v) is 18.3. The molecule has 5 fully saturated rings. The van der Waals surface area contributed by atoms with Crippen LogP contribution < -0.4 is 0 Å². The van der Waals surface area contributed by atoms with Crippen LogP contribution in [0.15, 0.2) is 0 Å². The molecule has 38 heavy (non-hydrogen) atoms. The van der Waals surface area contributed by atoms with Gasteiger partial charge in [0.1, 0.15) is 15.1 Å². The fourth-order valence-corrected chi connectivity index (χ4v) is 11.9. The number of hydrogen-bond acceptors (Lipinski definition) is 0. The van der Waals surface area contributed by atoms with Gasteiger partial charge in [0.15, 0.2) is 0 Å². The topological polar surface area (TPSA) is 0 Å². The third-order valence-electron chi connectivity index (χ3n) is 14.6. The number of hydrogen-bond donors (Lipinski definition) is 0. The maximum atomic E-state index is 2.83. The van der Waals surface area contributed by atoms with Crippen molar-refractivity contribution < 1.29 is 0 Å². The van der Waals surface area contributed by atoms with Gasteiger partial charge >= 0.3 is 0 Å². The largest absolute Gasteiger partial charge is 0.122 e. The van der Waals surface area contributed by atoms with Crippen LogP contribution in [-0.4, -0.2) is 23.0 Å². The molecule has 5 aliphatic carbocycles. The van der Waals surface area contributed by atoms with Crippen LogP contribution in [0.25, 0.3) is 0 Å². The zero-order valence-electron chi connectivity index (χ0n) is 26.6. The van der Waals surface area contributed by atoms with Gasteiger partial charge in [-0.2, -0.15) is 0 Å².